The molecule has 0 atom stereocenters. The molecule has 0 unspecified atom stereocenters. The molecule has 2 aromatic carbocycles. The molecule has 0 spiro atoms. The molecular formula is C20H25Na. The molecule has 0 fully saturated rings. The van der Waals surface area contributed by atoms with Gasteiger partial charge < -0.3 is 0 Å². The van der Waals surface area contributed by atoms with Gasteiger partial charge in [-0.15, -0.1) is 11.1 Å². The van der Waals surface area contributed by atoms with Crippen molar-refractivity contribution in [2.45, 2.75) is 52.4 Å². The summed E-state index contributed by atoms with van der Waals surface area (Å²) >= 11 is 0. The molecule has 2 aromatic rings. The topological polar surface area (TPSA) is 0 Å². The molecule has 0 aromatic heterocycles. The molecule has 0 nitrogen and oxygen atoms in total. The minimum absolute atomic E-state index is 0. The third-order valence-corrected chi connectivity index (χ3v) is 3.58. The first kappa shape index (κ1) is 18.5. The van der Waals surface area contributed by atoms with Crippen molar-refractivity contribution in [2.24, 2.45) is 0 Å². The van der Waals surface area contributed by atoms with E-state index in [1.54, 1.807) is 0 Å². The predicted molar refractivity (Wildman–Crippen MR) is 88.1 cm³/mol. The molecule has 21 heavy (non-hydrogen) atoms. The van der Waals surface area contributed by atoms with Crippen molar-refractivity contribution in [2.75, 3.05) is 0 Å². The monoisotopic (exact) mass is 288 g/mol. The van der Waals surface area contributed by atoms with E-state index in [2.05, 4.69) is 90.1 Å². The Morgan fingerprint density at radius 3 is 1.81 bits per heavy atom. The van der Waals surface area contributed by atoms with Crippen molar-refractivity contribution >= 4 is 0 Å². The van der Waals surface area contributed by atoms with Gasteiger partial charge in [0.1, 0.15) is 0 Å². The van der Waals surface area contributed by atoms with Gasteiger partial charge in [0.05, 0.1) is 0 Å². The Balaban J connectivity index is 0.00000220. The van der Waals surface area contributed by atoms with Crippen LogP contribution in [-0.2, 0) is 10.8 Å². The van der Waals surface area contributed by atoms with Crippen LogP contribution in [-0.4, -0.2) is 0 Å². The summed E-state index contributed by atoms with van der Waals surface area (Å²) in [7, 11) is 0. The summed E-state index contributed by atoms with van der Waals surface area (Å²) < 4.78 is 0. The zero-order valence-corrected chi connectivity index (χ0v) is 16.5. The first-order valence-electron chi connectivity index (χ1n) is 7.32. The summed E-state index contributed by atoms with van der Waals surface area (Å²) in [4.78, 5) is 0. The predicted octanol–water partition coefficient (Wildman–Crippen LogP) is 2.75. The molecule has 0 aliphatic carbocycles. The summed E-state index contributed by atoms with van der Waals surface area (Å²) in [5.74, 6) is 0. The van der Waals surface area contributed by atoms with Crippen molar-refractivity contribution in [3.63, 3.8) is 0 Å². The maximum absolute atomic E-state index is 3.49. The van der Waals surface area contributed by atoms with Crippen LogP contribution in [0.15, 0.2) is 42.5 Å². The van der Waals surface area contributed by atoms with Gasteiger partial charge in [-0.25, -0.2) is 0 Å². The summed E-state index contributed by atoms with van der Waals surface area (Å²) in [5, 5.41) is 0. The van der Waals surface area contributed by atoms with Gasteiger partial charge in [0.2, 0.25) is 0 Å². The Hall–Kier alpha value is -0.560. The zero-order valence-electron chi connectivity index (χ0n) is 14.5. The number of hydrogen-bond acceptors (Lipinski definition) is 0. The molecule has 0 radical (unpaired) electrons. The largest absolute Gasteiger partial charge is 1.00 e. The average molecular weight is 288 g/mol. The second-order valence-electron chi connectivity index (χ2n) is 7.51. The van der Waals surface area contributed by atoms with Gasteiger partial charge in [0.25, 0.3) is 0 Å². The van der Waals surface area contributed by atoms with Gasteiger partial charge in [-0.1, -0.05) is 77.3 Å². The third-order valence-electron chi connectivity index (χ3n) is 3.58. The van der Waals surface area contributed by atoms with E-state index in [9.17, 15) is 0 Å². The van der Waals surface area contributed by atoms with Crippen molar-refractivity contribution in [1.29, 1.82) is 0 Å². The summed E-state index contributed by atoms with van der Waals surface area (Å²) in [6.45, 7) is 13.7. The first-order chi connectivity index (χ1) is 9.21. The minimum Gasteiger partial charge on any atom is -0.180 e. The Kier molecular flexibility index (Phi) is 5.89. The SMILES string of the molecule is CC(C)(C)c1[c-]ccc(-c2ccccc2)c1C(C)(C)C.[Na+]. The normalized spacial score (nSPS) is 11.9. The molecule has 0 aliphatic heterocycles. The molecule has 0 saturated carbocycles. The Bertz CT molecular complexity index is 583. The van der Waals surface area contributed by atoms with E-state index in [0.717, 1.165) is 0 Å². The van der Waals surface area contributed by atoms with Crippen molar-refractivity contribution in [3.05, 3.63) is 59.7 Å². The summed E-state index contributed by atoms with van der Waals surface area (Å²) in [5.41, 5.74) is 5.57. The summed E-state index contributed by atoms with van der Waals surface area (Å²) in [6.07, 6.45) is 0. The molecule has 0 aliphatic rings. The molecule has 0 saturated heterocycles. The summed E-state index contributed by atoms with van der Waals surface area (Å²) in [6, 6.07) is 18.4. The van der Waals surface area contributed by atoms with E-state index in [4.69, 9.17) is 0 Å². The van der Waals surface area contributed by atoms with E-state index in [1.165, 1.54) is 22.3 Å². The minimum atomic E-state index is 0. The maximum Gasteiger partial charge on any atom is 1.00 e. The number of benzene rings is 2. The van der Waals surface area contributed by atoms with E-state index < -0.39 is 0 Å². The van der Waals surface area contributed by atoms with Crippen LogP contribution >= 0.6 is 0 Å². The fourth-order valence-electron chi connectivity index (χ4n) is 2.73. The molecule has 2 rings (SSSR count). The second-order valence-corrected chi connectivity index (χ2v) is 7.51. The van der Waals surface area contributed by atoms with Gasteiger partial charge in [-0.05, 0) is 11.0 Å². The van der Waals surface area contributed by atoms with Crippen LogP contribution in [0.5, 0.6) is 0 Å². The molecule has 0 bridgehead atoms. The Morgan fingerprint density at radius 1 is 0.762 bits per heavy atom. The quantitative estimate of drug-likeness (QED) is 0.559. The standard InChI is InChI=1S/C20H25.Na/c1-19(2,3)17-14-10-13-16(18(17)20(4,5)6)15-11-8-7-9-12-15;/h7-13H,1-6H3;/q-1;+1. The van der Waals surface area contributed by atoms with Gasteiger partial charge in [-0.2, -0.15) is 23.8 Å². The molecule has 106 valence electrons. The molecule has 1 heteroatoms. The van der Waals surface area contributed by atoms with Crippen molar-refractivity contribution in [3.8, 4) is 11.1 Å². The smallest absolute Gasteiger partial charge is 0.180 e. The van der Waals surface area contributed by atoms with Crippen LogP contribution in [0, 0.1) is 6.07 Å². The number of hydrogen-bond donors (Lipinski definition) is 0. The van der Waals surface area contributed by atoms with E-state index in [-0.39, 0.29) is 40.4 Å². The van der Waals surface area contributed by atoms with Gasteiger partial charge in [-0.3, -0.25) is 0 Å². The van der Waals surface area contributed by atoms with Crippen LogP contribution < -0.4 is 29.6 Å². The van der Waals surface area contributed by atoms with E-state index in [1.807, 2.05) is 0 Å². The Labute approximate surface area is 152 Å². The Morgan fingerprint density at radius 2 is 1.33 bits per heavy atom. The van der Waals surface area contributed by atoms with Crippen LogP contribution in [0.3, 0.4) is 0 Å². The zero-order chi connectivity index (χ0) is 15.0. The number of rotatable bonds is 1. The third kappa shape index (κ3) is 4.22. The van der Waals surface area contributed by atoms with Crippen LogP contribution in [0.1, 0.15) is 52.7 Å². The fourth-order valence-corrected chi connectivity index (χ4v) is 2.73. The molecular weight excluding hydrogens is 263 g/mol. The molecule has 0 N–H and O–H groups in total. The van der Waals surface area contributed by atoms with E-state index in [0.29, 0.717) is 0 Å². The first-order valence-corrected chi connectivity index (χ1v) is 7.32. The van der Waals surface area contributed by atoms with Crippen LogP contribution in [0.4, 0.5) is 0 Å². The van der Waals surface area contributed by atoms with Crippen molar-refractivity contribution in [1.82, 2.24) is 0 Å². The fraction of sp³-hybridized carbons (Fsp3) is 0.400. The van der Waals surface area contributed by atoms with Crippen molar-refractivity contribution < 1.29 is 29.6 Å². The second kappa shape index (κ2) is 6.69. The van der Waals surface area contributed by atoms with Crippen LogP contribution in [0.25, 0.3) is 11.1 Å². The van der Waals surface area contributed by atoms with Gasteiger partial charge in [0.15, 0.2) is 0 Å². The maximum atomic E-state index is 3.49. The molecule has 0 amide bonds. The average Bonchev–Trinajstić information content (AvgIpc) is 2.37. The van der Waals surface area contributed by atoms with Gasteiger partial charge >= 0.3 is 29.6 Å². The molecule has 0 heterocycles. The van der Waals surface area contributed by atoms with Crippen LogP contribution in [0.2, 0.25) is 0 Å². The van der Waals surface area contributed by atoms with E-state index >= 15 is 0 Å². The van der Waals surface area contributed by atoms with Gasteiger partial charge in [0, 0.05) is 0 Å².